The van der Waals surface area contributed by atoms with Gasteiger partial charge in [0, 0.05) is 12.1 Å². The van der Waals surface area contributed by atoms with Crippen molar-refractivity contribution in [1.29, 1.82) is 0 Å². The maximum Gasteiger partial charge on any atom is 0.259 e. The molecule has 2 aromatic rings. The summed E-state index contributed by atoms with van der Waals surface area (Å²) in [4.78, 5) is 12.2. The van der Waals surface area contributed by atoms with Crippen LogP contribution in [0.4, 0.5) is 11.4 Å². The number of carbonyl (C=O) groups is 1. The molecule has 0 bridgehead atoms. The van der Waals surface area contributed by atoms with E-state index in [1.165, 1.54) is 13.4 Å². The van der Waals surface area contributed by atoms with Crippen LogP contribution in [0.25, 0.3) is 0 Å². The monoisotopic (exact) mass is 260 g/mol. The van der Waals surface area contributed by atoms with Gasteiger partial charge in [0.1, 0.15) is 11.5 Å². The van der Waals surface area contributed by atoms with E-state index in [-0.39, 0.29) is 5.91 Å². The Kier molecular flexibility index (Phi) is 3.75. The van der Waals surface area contributed by atoms with Crippen molar-refractivity contribution in [3.05, 3.63) is 41.9 Å². The number of anilines is 2. The van der Waals surface area contributed by atoms with Crippen molar-refractivity contribution in [2.75, 3.05) is 18.2 Å². The van der Waals surface area contributed by atoms with E-state index in [0.29, 0.717) is 34.9 Å². The summed E-state index contributed by atoms with van der Waals surface area (Å²) in [6.07, 6.45) is 2.16. The molecule has 0 atom stereocenters. The molecule has 19 heavy (non-hydrogen) atoms. The van der Waals surface area contributed by atoms with Crippen LogP contribution >= 0.6 is 0 Å². The fraction of sp³-hybridized carbons (Fsp3) is 0.214. The molecular formula is C14H16N2O3. The van der Waals surface area contributed by atoms with Gasteiger partial charge >= 0.3 is 0 Å². The molecule has 1 aromatic heterocycles. The zero-order chi connectivity index (χ0) is 13.8. The van der Waals surface area contributed by atoms with E-state index in [9.17, 15) is 4.79 Å². The molecule has 2 rings (SSSR count). The summed E-state index contributed by atoms with van der Waals surface area (Å²) in [7, 11) is 1.54. The van der Waals surface area contributed by atoms with Gasteiger partial charge in [-0.2, -0.15) is 0 Å². The highest BCUT2D eigenvalue weighted by molar-refractivity contribution is 6.05. The van der Waals surface area contributed by atoms with E-state index in [1.54, 1.807) is 24.3 Å². The Morgan fingerprint density at radius 2 is 2.21 bits per heavy atom. The van der Waals surface area contributed by atoms with Gasteiger partial charge in [-0.05, 0) is 24.3 Å². The van der Waals surface area contributed by atoms with Crippen LogP contribution in [-0.4, -0.2) is 13.0 Å². The molecule has 0 fully saturated rings. The third-order valence-corrected chi connectivity index (χ3v) is 2.78. The number of amides is 1. The Labute approximate surface area is 111 Å². The van der Waals surface area contributed by atoms with Crippen LogP contribution in [0, 0.1) is 0 Å². The summed E-state index contributed by atoms with van der Waals surface area (Å²) in [5.74, 6) is 0.971. The molecule has 0 unspecified atom stereocenters. The van der Waals surface area contributed by atoms with Crippen molar-refractivity contribution in [2.45, 2.75) is 13.3 Å². The summed E-state index contributed by atoms with van der Waals surface area (Å²) in [6, 6.07) is 6.72. The van der Waals surface area contributed by atoms with Crippen LogP contribution in [0.5, 0.6) is 5.75 Å². The van der Waals surface area contributed by atoms with Gasteiger partial charge in [-0.25, -0.2) is 0 Å². The highest BCUT2D eigenvalue weighted by Gasteiger charge is 2.15. The molecule has 0 aliphatic heterocycles. The quantitative estimate of drug-likeness (QED) is 0.828. The van der Waals surface area contributed by atoms with Crippen LogP contribution in [-0.2, 0) is 6.42 Å². The van der Waals surface area contributed by atoms with Crippen LogP contribution in [0.1, 0.15) is 23.0 Å². The van der Waals surface area contributed by atoms with Gasteiger partial charge in [0.2, 0.25) is 0 Å². The first-order valence-corrected chi connectivity index (χ1v) is 5.97. The highest BCUT2D eigenvalue weighted by Crippen LogP contribution is 2.27. The molecule has 100 valence electrons. The Morgan fingerprint density at radius 1 is 1.42 bits per heavy atom. The lowest BCUT2D eigenvalue weighted by atomic mass is 10.2. The summed E-state index contributed by atoms with van der Waals surface area (Å²) in [6.45, 7) is 1.93. The fourth-order valence-corrected chi connectivity index (χ4v) is 1.83. The zero-order valence-electron chi connectivity index (χ0n) is 10.9. The molecule has 3 N–H and O–H groups in total. The fourth-order valence-electron chi connectivity index (χ4n) is 1.83. The van der Waals surface area contributed by atoms with E-state index in [0.717, 1.165) is 0 Å². The standard InChI is InChI=1S/C14H16N2O3/c1-3-12-10(6-7-19-12)14(17)16-11-8-9(15)4-5-13(11)18-2/h4-8H,3,15H2,1-2H3,(H,16,17). The average Bonchev–Trinajstić information content (AvgIpc) is 2.87. The van der Waals surface area contributed by atoms with Crippen LogP contribution in [0.3, 0.4) is 0 Å². The summed E-state index contributed by atoms with van der Waals surface area (Å²) in [5.41, 5.74) is 7.32. The molecule has 0 saturated carbocycles. The minimum Gasteiger partial charge on any atom is -0.495 e. The zero-order valence-corrected chi connectivity index (χ0v) is 10.9. The number of hydrogen-bond donors (Lipinski definition) is 2. The Hall–Kier alpha value is -2.43. The van der Waals surface area contributed by atoms with Gasteiger partial charge in [0.05, 0.1) is 24.6 Å². The maximum atomic E-state index is 12.2. The SMILES string of the molecule is CCc1occc1C(=O)Nc1cc(N)ccc1OC. The Balaban J connectivity index is 2.26. The maximum absolute atomic E-state index is 12.2. The van der Waals surface area contributed by atoms with E-state index in [1.807, 2.05) is 6.92 Å². The number of aryl methyl sites for hydroxylation is 1. The summed E-state index contributed by atoms with van der Waals surface area (Å²) >= 11 is 0. The normalized spacial score (nSPS) is 10.2. The summed E-state index contributed by atoms with van der Waals surface area (Å²) < 4.78 is 10.4. The topological polar surface area (TPSA) is 77.5 Å². The minimum absolute atomic E-state index is 0.241. The number of ether oxygens (including phenoxy) is 1. The van der Waals surface area contributed by atoms with E-state index in [4.69, 9.17) is 14.9 Å². The average molecular weight is 260 g/mol. The predicted octanol–water partition coefficient (Wildman–Crippen LogP) is 2.69. The van der Waals surface area contributed by atoms with Crippen LogP contribution in [0.15, 0.2) is 34.9 Å². The molecule has 0 saturated heterocycles. The lowest BCUT2D eigenvalue weighted by Gasteiger charge is -2.10. The number of methoxy groups -OCH3 is 1. The van der Waals surface area contributed by atoms with Gasteiger partial charge < -0.3 is 20.2 Å². The highest BCUT2D eigenvalue weighted by atomic mass is 16.5. The van der Waals surface area contributed by atoms with Gasteiger partial charge in [0.15, 0.2) is 0 Å². The minimum atomic E-state index is -0.241. The molecule has 1 amide bonds. The Morgan fingerprint density at radius 3 is 2.89 bits per heavy atom. The molecule has 0 spiro atoms. The van der Waals surface area contributed by atoms with E-state index < -0.39 is 0 Å². The largest absolute Gasteiger partial charge is 0.495 e. The van der Waals surface area contributed by atoms with Crippen molar-refractivity contribution in [2.24, 2.45) is 0 Å². The van der Waals surface area contributed by atoms with Crippen molar-refractivity contribution < 1.29 is 13.9 Å². The molecule has 0 aliphatic rings. The number of nitrogen functional groups attached to an aromatic ring is 1. The second-order valence-electron chi connectivity index (χ2n) is 4.02. The number of rotatable bonds is 4. The molecular weight excluding hydrogens is 244 g/mol. The predicted molar refractivity (Wildman–Crippen MR) is 73.4 cm³/mol. The molecule has 1 heterocycles. The van der Waals surface area contributed by atoms with E-state index >= 15 is 0 Å². The van der Waals surface area contributed by atoms with Crippen molar-refractivity contribution >= 4 is 17.3 Å². The number of carbonyl (C=O) groups excluding carboxylic acids is 1. The number of nitrogens with two attached hydrogens (primary N) is 1. The molecule has 0 aliphatic carbocycles. The molecule has 5 heteroatoms. The molecule has 5 nitrogen and oxygen atoms in total. The number of benzene rings is 1. The first-order chi connectivity index (χ1) is 9.15. The second-order valence-corrected chi connectivity index (χ2v) is 4.02. The summed E-state index contributed by atoms with van der Waals surface area (Å²) in [5, 5.41) is 2.78. The Bertz CT molecular complexity index is 590. The molecule has 1 aromatic carbocycles. The van der Waals surface area contributed by atoms with Crippen LogP contribution in [0.2, 0.25) is 0 Å². The first-order valence-electron chi connectivity index (χ1n) is 5.97. The van der Waals surface area contributed by atoms with Crippen molar-refractivity contribution in [3.63, 3.8) is 0 Å². The van der Waals surface area contributed by atoms with Crippen LogP contribution < -0.4 is 15.8 Å². The van der Waals surface area contributed by atoms with Gasteiger partial charge in [-0.3, -0.25) is 4.79 Å². The lowest BCUT2D eigenvalue weighted by molar-refractivity contribution is 0.102. The number of furan rings is 1. The third-order valence-electron chi connectivity index (χ3n) is 2.78. The second kappa shape index (κ2) is 5.48. The number of hydrogen-bond acceptors (Lipinski definition) is 4. The van der Waals surface area contributed by atoms with Gasteiger partial charge in [-0.15, -0.1) is 0 Å². The van der Waals surface area contributed by atoms with E-state index in [2.05, 4.69) is 5.32 Å². The van der Waals surface area contributed by atoms with Gasteiger partial charge in [-0.1, -0.05) is 6.92 Å². The first kappa shape index (κ1) is 13.0. The van der Waals surface area contributed by atoms with Crippen molar-refractivity contribution in [3.8, 4) is 5.75 Å². The lowest BCUT2D eigenvalue weighted by Crippen LogP contribution is -2.13. The van der Waals surface area contributed by atoms with Crippen molar-refractivity contribution in [1.82, 2.24) is 0 Å². The van der Waals surface area contributed by atoms with Gasteiger partial charge in [0.25, 0.3) is 5.91 Å². The number of nitrogens with one attached hydrogen (secondary N) is 1. The molecule has 0 radical (unpaired) electrons. The smallest absolute Gasteiger partial charge is 0.259 e. The third kappa shape index (κ3) is 2.70.